The molecule has 10 heteroatoms. The van der Waals surface area contributed by atoms with Gasteiger partial charge in [-0.15, -0.1) is 0 Å². The van der Waals surface area contributed by atoms with Gasteiger partial charge in [-0.05, 0) is 24.6 Å². The number of nitro groups is 1. The van der Waals surface area contributed by atoms with Crippen LogP contribution >= 0.6 is 11.6 Å². The Morgan fingerprint density at radius 2 is 1.93 bits per heavy atom. The molecule has 1 N–H and O–H groups in total. The quantitative estimate of drug-likeness (QED) is 0.554. The first-order valence-electron chi connectivity index (χ1n) is 7.94. The molecule has 0 aliphatic carbocycles. The Labute approximate surface area is 162 Å². The molecule has 2 aromatic carbocycles. The molecule has 0 fully saturated rings. The number of non-ortho nitro benzene ring substituents is 1. The zero-order valence-electron chi connectivity index (χ0n) is 14.6. The smallest absolute Gasteiger partial charge is 0.271 e. The number of para-hydroxylation sites is 1. The third-order valence-corrected chi connectivity index (χ3v) is 5.27. The van der Waals surface area contributed by atoms with Crippen LogP contribution in [-0.4, -0.2) is 31.5 Å². The van der Waals surface area contributed by atoms with Gasteiger partial charge >= 0.3 is 0 Å². The second kappa shape index (κ2) is 8.36. The number of hydrogen-bond donors (Lipinski definition) is 1. The molecule has 0 aliphatic heterocycles. The summed E-state index contributed by atoms with van der Waals surface area (Å²) in [5, 5.41) is 13.9. The molecule has 0 unspecified atom stereocenters. The molecular formula is C17H18ClN3O5S. The third kappa shape index (κ3) is 4.95. The fraction of sp³-hybridized carbons (Fsp3) is 0.235. The van der Waals surface area contributed by atoms with Crippen LogP contribution in [0.1, 0.15) is 13.3 Å². The summed E-state index contributed by atoms with van der Waals surface area (Å²) < 4.78 is 25.7. The van der Waals surface area contributed by atoms with E-state index in [2.05, 4.69) is 5.32 Å². The van der Waals surface area contributed by atoms with E-state index in [1.54, 1.807) is 31.2 Å². The summed E-state index contributed by atoms with van der Waals surface area (Å²) in [6.45, 7) is 1.65. The molecule has 2 rings (SSSR count). The fourth-order valence-corrected chi connectivity index (χ4v) is 3.97. The second-order valence-electron chi connectivity index (χ2n) is 5.73. The number of nitro benzene ring substituents is 1. The van der Waals surface area contributed by atoms with Crippen molar-refractivity contribution in [3.05, 3.63) is 63.7 Å². The molecule has 1 amide bonds. The van der Waals surface area contributed by atoms with Gasteiger partial charge in [0.05, 0.1) is 27.6 Å². The highest BCUT2D eigenvalue weighted by molar-refractivity contribution is 7.92. The van der Waals surface area contributed by atoms with E-state index in [1.165, 1.54) is 18.2 Å². The average molecular weight is 412 g/mol. The monoisotopic (exact) mass is 411 g/mol. The third-order valence-electron chi connectivity index (χ3n) is 3.76. The summed E-state index contributed by atoms with van der Waals surface area (Å²) in [5.74, 6) is -0.595. The highest BCUT2D eigenvalue weighted by Crippen LogP contribution is 2.28. The number of carbonyl (C=O) groups is 1. The van der Waals surface area contributed by atoms with E-state index in [0.717, 1.165) is 16.6 Å². The number of amides is 1. The van der Waals surface area contributed by atoms with Gasteiger partial charge in [-0.1, -0.05) is 36.7 Å². The summed E-state index contributed by atoms with van der Waals surface area (Å²) >= 11 is 6.04. The van der Waals surface area contributed by atoms with Crippen molar-refractivity contribution in [2.75, 3.05) is 15.9 Å². The van der Waals surface area contributed by atoms with Gasteiger partial charge in [0.2, 0.25) is 15.9 Å². The first kappa shape index (κ1) is 20.7. The zero-order chi connectivity index (χ0) is 20.2. The van der Waals surface area contributed by atoms with Gasteiger partial charge in [0, 0.05) is 12.1 Å². The van der Waals surface area contributed by atoms with Gasteiger partial charge in [0.25, 0.3) is 5.69 Å². The number of anilines is 2. The molecule has 0 heterocycles. The van der Waals surface area contributed by atoms with Gasteiger partial charge in [-0.3, -0.25) is 19.2 Å². The van der Waals surface area contributed by atoms with Crippen molar-refractivity contribution in [2.24, 2.45) is 0 Å². The molecule has 1 atom stereocenters. The molecule has 0 saturated heterocycles. The van der Waals surface area contributed by atoms with Crippen LogP contribution in [-0.2, 0) is 14.8 Å². The van der Waals surface area contributed by atoms with Crippen molar-refractivity contribution < 1.29 is 18.1 Å². The number of benzene rings is 2. The lowest BCUT2D eigenvalue weighted by Gasteiger charge is -2.30. The van der Waals surface area contributed by atoms with Gasteiger partial charge in [-0.2, -0.15) is 0 Å². The fourth-order valence-electron chi connectivity index (χ4n) is 2.58. The molecule has 144 valence electrons. The Morgan fingerprint density at radius 3 is 2.48 bits per heavy atom. The molecule has 2 aromatic rings. The van der Waals surface area contributed by atoms with Gasteiger partial charge < -0.3 is 5.32 Å². The van der Waals surface area contributed by atoms with E-state index in [4.69, 9.17) is 11.6 Å². The van der Waals surface area contributed by atoms with Crippen LogP contribution in [0.4, 0.5) is 17.1 Å². The lowest BCUT2D eigenvalue weighted by atomic mass is 10.1. The van der Waals surface area contributed by atoms with E-state index in [9.17, 15) is 23.3 Å². The topological polar surface area (TPSA) is 110 Å². The number of nitrogens with zero attached hydrogens (tertiary/aromatic N) is 2. The van der Waals surface area contributed by atoms with Gasteiger partial charge in [0.15, 0.2) is 0 Å². The first-order valence-corrected chi connectivity index (χ1v) is 10.2. The van der Waals surface area contributed by atoms with Crippen molar-refractivity contribution in [1.82, 2.24) is 0 Å². The van der Waals surface area contributed by atoms with Crippen molar-refractivity contribution in [3.8, 4) is 0 Å². The van der Waals surface area contributed by atoms with Crippen LogP contribution in [0.2, 0.25) is 5.02 Å². The van der Waals surface area contributed by atoms with Crippen molar-refractivity contribution >= 4 is 44.6 Å². The summed E-state index contributed by atoms with van der Waals surface area (Å²) in [6.07, 6.45) is 1.09. The number of nitrogens with one attached hydrogen (secondary N) is 1. The molecular weight excluding hydrogens is 394 g/mol. The van der Waals surface area contributed by atoms with E-state index in [1.807, 2.05) is 0 Å². The normalized spacial score (nSPS) is 12.3. The van der Waals surface area contributed by atoms with Crippen molar-refractivity contribution in [3.63, 3.8) is 0 Å². The highest BCUT2D eigenvalue weighted by atomic mass is 35.5. The number of carbonyl (C=O) groups excluding carboxylic acids is 1. The van der Waals surface area contributed by atoms with Gasteiger partial charge in [-0.25, -0.2) is 8.42 Å². The van der Waals surface area contributed by atoms with Crippen LogP contribution in [0.3, 0.4) is 0 Å². The lowest BCUT2D eigenvalue weighted by Crippen LogP contribution is -2.47. The molecule has 0 spiro atoms. The van der Waals surface area contributed by atoms with Crippen molar-refractivity contribution in [1.29, 1.82) is 0 Å². The maximum absolute atomic E-state index is 12.8. The van der Waals surface area contributed by atoms with E-state index >= 15 is 0 Å². The molecule has 0 saturated carbocycles. The molecule has 27 heavy (non-hydrogen) atoms. The Morgan fingerprint density at radius 1 is 1.26 bits per heavy atom. The van der Waals surface area contributed by atoms with Crippen LogP contribution in [0.25, 0.3) is 0 Å². The summed E-state index contributed by atoms with van der Waals surface area (Å²) in [5.41, 5.74) is 0.102. The molecule has 0 aliphatic rings. The van der Waals surface area contributed by atoms with E-state index < -0.39 is 26.9 Å². The van der Waals surface area contributed by atoms with Crippen LogP contribution < -0.4 is 9.62 Å². The maximum atomic E-state index is 12.8. The molecule has 0 aromatic heterocycles. The average Bonchev–Trinajstić information content (AvgIpc) is 2.60. The van der Waals surface area contributed by atoms with Crippen LogP contribution in [0.15, 0.2) is 48.5 Å². The molecule has 0 radical (unpaired) electrons. The minimum absolute atomic E-state index is 0.0351. The van der Waals surface area contributed by atoms with E-state index in [0.29, 0.717) is 10.7 Å². The largest absolute Gasteiger partial charge is 0.323 e. The number of hydrogen-bond acceptors (Lipinski definition) is 5. The predicted octanol–water partition coefficient (Wildman–Crippen LogP) is 3.43. The van der Waals surface area contributed by atoms with E-state index in [-0.39, 0.29) is 17.8 Å². The lowest BCUT2D eigenvalue weighted by molar-refractivity contribution is -0.384. The summed E-state index contributed by atoms with van der Waals surface area (Å²) in [7, 11) is -3.90. The highest BCUT2D eigenvalue weighted by Gasteiger charge is 2.32. The summed E-state index contributed by atoms with van der Waals surface area (Å²) in [4.78, 5) is 23.2. The Bertz CT molecular complexity index is 965. The predicted molar refractivity (Wildman–Crippen MR) is 105 cm³/mol. The Balaban J connectivity index is 2.45. The second-order valence-corrected chi connectivity index (χ2v) is 8.00. The summed E-state index contributed by atoms with van der Waals surface area (Å²) in [6, 6.07) is 10.6. The number of sulfonamides is 1. The maximum Gasteiger partial charge on any atom is 0.271 e. The zero-order valence-corrected chi connectivity index (χ0v) is 16.2. The molecule has 8 nitrogen and oxygen atoms in total. The Kier molecular flexibility index (Phi) is 6.40. The molecule has 0 bridgehead atoms. The first-order chi connectivity index (χ1) is 12.6. The van der Waals surface area contributed by atoms with Crippen LogP contribution in [0.5, 0.6) is 0 Å². The van der Waals surface area contributed by atoms with Crippen molar-refractivity contribution in [2.45, 2.75) is 19.4 Å². The SMILES string of the molecule is CC[C@H](C(=O)Nc1ccccc1Cl)N(c1cccc([N+](=O)[O-])c1)S(C)(=O)=O. The number of rotatable bonds is 7. The minimum Gasteiger partial charge on any atom is -0.323 e. The van der Waals surface area contributed by atoms with Crippen LogP contribution in [0, 0.1) is 10.1 Å². The minimum atomic E-state index is -3.90. The van der Waals surface area contributed by atoms with Gasteiger partial charge in [0.1, 0.15) is 6.04 Å². The number of halogens is 1. The standard InChI is InChI=1S/C17H18ClN3O5S/c1-3-16(17(22)19-15-10-5-4-9-14(15)18)20(27(2,25)26)12-7-6-8-13(11-12)21(23)24/h4-11,16H,3H2,1-2H3,(H,19,22)/t16-/m1/s1. The Hall–Kier alpha value is -2.65.